The van der Waals surface area contributed by atoms with Gasteiger partial charge in [-0.15, -0.1) is 0 Å². The van der Waals surface area contributed by atoms with Crippen molar-refractivity contribution in [1.29, 1.82) is 0 Å². The first-order valence-corrected chi connectivity index (χ1v) is 4.89. The Morgan fingerprint density at radius 2 is 2.00 bits per heavy atom. The zero-order valence-electron chi connectivity index (χ0n) is 6.35. The van der Waals surface area contributed by atoms with E-state index in [2.05, 4.69) is 10.0 Å². The van der Waals surface area contributed by atoms with Gasteiger partial charge in [0.1, 0.15) is 0 Å². The Balaban J connectivity index is 3.49. The summed E-state index contributed by atoms with van der Waals surface area (Å²) in [5.41, 5.74) is 0. The molecule has 0 spiro atoms. The largest absolute Gasteiger partial charge is 0.316 e. The van der Waals surface area contributed by atoms with Gasteiger partial charge >= 0.3 is 0 Å². The zero-order chi connectivity index (χ0) is 8.04. The van der Waals surface area contributed by atoms with Crippen LogP contribution in [0.15, 0.2) is 0 Å². The predicted molar refractivity (Wildman–Crippen MR) is 41.4 cm³/mol. The topological polar surface area (TPSA) is 58.2 Å². The first-order valence-electron chi connectivity index (χ1n) is 3.24. The second-order valence-corrected chi connectivity index (χ2v) is 3.92. The molecule has 0 bridgehead atoms. The lowest BCUT2D eigenvalue weighted by Crippen LogP contribution is -2.29. The lowest BCUT2D eigenvalue weighted by molar-refractivity contribution is 0.584. The second-order valence-electron chi connectivity index (χ2n) is 1.88. The van der Waals surface area contributed by atoms with E-state index < -0.39 is 10.0 Å². The van der Waals surface area contributed by atoms with E-state index in [0.717, 1.165) is 6.54 Å². The van der Waals surface area contributed by atoms with E-state index in [0.29, 0.717) is 6.54 Å². The fraction of sp³-hybridized carbons (Fsp3) is 1.00. The monoisotopic (exact) mass is 166 g/mol. The lowest BCUT2D eigenvalue weighted by Gasteiger charge is -2.01. The smallest absolute Gasteiger partial charge is 0.212 e. The van der Waals surface area contributed by atoms with Gasteiger partial charge in [0.25, 0.3) is 0 Å². The fourth-order valence-electron chi connectivity index (χ4n) is 0.485. The van der Waals surface area contributed by atoms with Crippen LogP contribution in [0, 0.1) is 0 Å². The molecule has 4 nitrogen and oxygen atoms in total. The SMILES string of the molecule is CCNCCS(=O)(=O)NC. The molecule has 0 aliphatic heterocycles. The van der Waals surface area contributed by atoms with Crippen LogP contribution in [0.1, 0.15) is 6.92 Å². The van der Waals surface area contributed by atoms with Crippen LogP contribution < -0.4 is 10.0 Å². The van der Waals surface area contributed by atoms with E-state index in [-0.39, 0.29) is 5.75 Å². The molecule has 0 heterocycles. The molecule has 0 aliphatic rings. The molecule has 0 atom stereocenters. The van der Waals surface area contributed by atoms with Crippen molar-refractivity contribution in [3.05, 3.63) is 0 Å². The van der Waals surface area contributed by atoms with E-state index in [4.69, 9.17) is 0 Å². The van der Waals surface area contributed by atoms with E-state index in [9.17, 15) is 8.42 Å². The maximum absolute atomic E-state index is 10.7. The summed E-state index contributed by atoms with van der Waals surface area (Å²) in [7, 11) is -1.59. The Hall–Kier alpha value is -0.130. The molecule has 0 aromatic heterocycles. The van der Waals surface area contributed by atoms with Gasteiger partial charge in [0, 0.05) is 6.54 Å². The second kappa shape index (κ2) is 4.65. The third kappa shape index (κ3) is 4.72. The Morgan fingerprint density at radius 1 is 1.40 bits per heavy atom. The third-order valence-corrected chi connectivity index (χ3v) is 2.47. The average Bonchev–Trinajstić information content (AvgIpc) is 1.89. The van der Waals surface area contributed by atoms with Crippen LogP contribution in [0.3, 0.4) is 0 Å². The summed E-state index contributed by atoms with van der Waals surface area (Å²) >= 11 is 0. The highest BCUT2D eigenvalue weighted by Crippen LogP contribution is 1.78. The van der Waals surface area contributed by atoms with E-state index in [1.54, 1.807) is 0 Å². The molecule has 0 amide bonds. The molecular weight excluding hydrogens is 152 g/mol. The van der Waals surface area contributed by atoms with Crippen LogP contribution >= 0.6 is 0 Å². The molecule has 0 aliphatic carbocycles. The molecule has 0 fully saturated rings. The van der Waals surface area contributed by atoms with Crippen molar-refractivity contribution in [2.75, 3.05) is 25.9 Å². The standard InChI is InChI=1S/C5H14N2O2S/c1-3-7-4-5-10(8,9)6-2/h6-7H,3-5H2,1-2H3. The maximum Gasteiger partial charge on any atom is 0.212 e. The van der Waals surface area contributed by atoms with Crippen LogP contribution in [0.25, 0.3) is 0 Å². The van der Waals surface area contributed by atoms with Gasteiger partial charge in [-0.1, -0.05) is 6.92 Å². The molecular formula is C5H14N2O2S. The maximum atomic E-state index is 10.7. The average molecular weight is 166 g/mol. The summed E-state index contributed by atoms with van der Waals surface area (Å²) < 4.78 is 23.7. The van der Waals surface area contributed by atoms with Crippen molar-refractivity contribution in [3.63, 3.8) is 0 Å². The fourth-order valence-corrected chi connectivity index (χ4v) is 1.10. The molecule has 0 aromatic carbocycles. The third-order valence-electron chi connectivity index (χ3n) is 1.11. The Labute approximate surface area is 62.1 Å². The van der Waals surface area contributed by atoms with Crippen molar-refractivity contribution in [2.24, 2.45) is 0 Å². The van der Waals surface area contributed by atoms with E-state index in [1.165, 1.54) is 7.05 Å². The minimum atomic E-state index is -3.00. The quantitative estimate of drug-likeness (QED) is 0.523. The molecule has 0 aromatic rings. The Bertz CT molecular complexity index is 164. The van der Waals surface area contributed by atoms with Crippen LogP contribution in [-0.4, -0.2) is 34.3 Å². The summed E-state index contributed by atoms with van der Waals surface area (Å²) in [5.74, 6) is 0.150. The van der Waals surface area contributed by atoms with Crippen LogP contribution in [0.4, 0.5) is 0 Å². The summed E-state index contributed by atoms with van der Waals surface area (Å²) in [6, 6.07) is 0. The van der Waals surface area contributed by atoms with Gasteiger partial charge in [0.15, 0.2) is 0 Å². The van der Waals surface area contributed by atoms with E-state index in [1.807, 2.05) is 6.92 Å². The van der Waals surface area contributed by atoms with Gasteiger partial charge in [-0.3, -0.25) is 0 Å². The van der Waals surface area contributed by atoms with Crippen LogP contribution in [0.5, 0.6) is 0 Å². The minimum absolute atomic E-state index is 0.150. The normalized spacial score (nSPS) is 11.8. The van der Waals surface area contributed by atoms with Crippen molar-refractivity contribution in [2.45, 2.75) is 6.92 Å². The summed E-state index contributed by atoms with van der Waals surface area (Å²) in [4.78, 5) is 0. The first kappa shape index (κ1) is 9.87. The molecule has 5 heteroatoms. The molecule has 0 saturated carbocycles. The number of sulfonamides is 1. The van der Waals surface area contributed by atoms with Gasteiger partial charge in [-0.25, -0.2) is 13.1 Å². The number of nitrogens with one attached hydrogen (secondary N) is 2. The predicted octanol–water partition coefficient (Wildman–Crippen LogP) is -0.855. The number of hydrogen-bond donors (Lipinski definition) is 2. The number of rotatable bonds is 5. The highest BCUT2D eigenvalue weighted by molar-refractivity contribution is 7.89. The first-order chi connectivity index (χ1) is 4.62. The van der Waals surface area contributed by atoms with E-state index >= 15 is 0 Å². The summed E-state index contributed by atoms with van der Waals surface area (Å²) in [5, 5.41) is 2.92. The van der Waals surface area contributed by atoms with Crippen LogP contribution in [0.2, 0.25) is 0 Å². The van der Waals surface area contributed by atoms with Gasteiger partial charge in [0.2, 0.25) is 10.0 Å². The molecule has 2 N–H and O–H groups in total. The Kier molecular flexibility index (Phi) is 4.59. The molecule has 62 valence electrons. The molecule has 0 radical (unpaired) electrons. The highest BCUT2D eigenvalue weighted by Gasteiger charge is 2.03. The highest BCUT2D eigenvalue weighted by atomic mass is 32.2. The summed E-state index contributed by atoms with van der Waals surface area (Å²) in [6.07, 6.45) is 0. The van der Waals surface area contributed by atoms with Crippen LogP contribution in [-0.2, 0) is 10.0 Å². The van der Waals surface area contributed by atoms with Gasteiger partial charge in [-0.2, -0.15) is 0 Å². The van der Waals surface area contributed by atoms with Gasteiger partial charge in [0.05, 0.1) is 5.75 Å². The number of hydrogen-bond acceptors (Lipinski definition) is 3. The zero-order valence-corrected chi connectivity index (χ0v) is 7.16. The van der Waals surface area contributed by atoms with Crippen molar-refractivity contribution >= 4 is 10.0 Å². The molecule has 0 saturated heterocycles. The summed E-state index contributed by atoms with van der Waals surface area (Å²) in [6.45, 7) is 3.25. The molecule has 0 rings (SSSR count). The van der Waals surface area contributed by atoms with Crippen molar-refractivity contribution in [3.8, 4) is 0 Å². The lowest BCUT2D eigenvalue weighted by atomic mass is 10.7. The van der Waals surface area contributed by atoms with Gasteiger partial charge in [-0.05, 0) is 13.6 Å². The van der Waals surface area contributed by atoms with Crippen molar-refractivity contribution in [1.82, 2.24) is 10.0 Å². The minimum Gasteiger partial charge on any atom is -0.316 e. The molecule has 10 heavy (non-hydrogen) atoms. The Morgan fingerprint density at radius 3 is 2.40 bits per heavy atom. The van der Waals surface area contributed by atoms with Gasteiger partial charge < -0.3 is 5.32 Å². The molecule has 0 unspecified atom stereocenters. The van der Waals surface area contributed by atoms with Crippen molar-refractivity contribution < 1.29 is 8.42 Å².